The molecule has 0 radical (unpaired) electrons. The molecule has 6 nitrogen and oxygen atoms in total. The van der Waals surface area contributed by atoms with Crippen molar-refractivity contribution in [2.45, 2.75) is 0 Å². The molecule has 1 aromatic heterocycles. The third-order valence-corrected chi connectivity index (χ3v) is 9.81. The Morgan fingerprint density at radius 3 is 1.49 bits per heavy atom. The van der Waals surface area contributed by atoms with Crippen molar-refractivity contribution in [3.8, 4) is 45.0 Å². The Balaban J connectivity index is 1.02. The van der Waals surface area contributed by atoms with Crippen LogP contribution in [0.5, 0.6) is 23.0 Å². The second-order valence-electron chi connectivity index (χ2n) is 11.9. The second-order valence-corrected chi connectivity index (χ2v) is 12.6. The Morgan fingerprint density at radius 2 is 0.918 bits per heavy atom. The fraction of sp³-hybridized carbons (Fsp3) is 0. The Morgan fingerprint density at radius 1 is 0.429 bits per heavy atom. The molecule has 3 heterocycles. The van der Waals surface area contributed by atoms with Gasteiger partial charge in [0.15, 0.2) is 28.8 Å². The molecule has 0 fully saturated rings. The molecular weight excluding hydrogens is 625 g/mol. The number of rotatable bonds is 4. The fourth-order valence-electron chi connectivity index (χ4n) is 6.82. The third kappa shape index (κ3) is 4.47. The SMILES string of the molecule is c1ccc2c(c1)Oc1ccccc1N2c1ccc(-c2nc(-c3ccc(N4c5ccccc5Oc5ccccc54)c4ccccc34)ns2)cc1. The number of anilines is 6. The van der Waals surface area contributed by atoms with E-state index in [1.165, 1.54) is 11.5 Å². The van der Waals surface area contributed by atoms with E-state index in [4.69, 9.17) is 18.8 Å². The number of ether oxygens (including phenoxy) is 2. The van der Waals surface area contributed by atoms with Crippen LogP contribution in [0.1, 0.15) is 0 Å². The molecule has 0 bridgehead atoms. The first kappa shape index (κ1) is 27.7. The zero-order chi connectivity index (χ0) is 32.3. The summed E-state index contributed by atoms with van der Waals surface area (Å²) in [5.74, 6) is 4.03. The maximum absolute atomic E-state index is 6.28. The highest BCUT2D eigenvalue weighted by atomic mass is 32.1. The second kappa shape index (κ2) is 11.1. The topological polar surface area (TPSA) is 50.7 Å². The number of fused-ring (bicyclic) bond motifs is 5. The molecule has 2 aliphatic rings. The third-order valence-electron chi connectivity index (χ3n) is 9.05. The summed E-state index contributed by atoms with van der Waals surface area (Å²) in [5.41, 5.74) is 8.14. The summed E-state index contributed by atoms with van der Waals surface area (Å²) in [6.45, 7) is 0. The molecule has 0 spiro atoms. The van der Waals surface area contributed by atoms with Gasteiger partial charge in [-0.25, -0.2) is 4.98 Å². The van der Waals surface area contributed by atoms with Crippen molar-refractivity contribution >= 4 is 56.4 Å². The highest BCUT2D eigenvalue weighted by Gasteiger charge is 2.28. The van der Waals surface area contributed by atoms with Crippen LogP contribution in [0.25, 0.3) is 32.7 Å². The van der Waals surface area contributed by atoms with Gasteiger partial charge in [0.2, 0.25) is 0 Å². The minimum Gasteiger partial charge on any atom is -0.453 e. The van der Waals surface area contributed by atoms with Gasteiger partial charge in [-0.3, -0.25) is 0 Å². The molecule has 0 saturated carbocycles. The number of hydrogen-bond acceptors (Lipinski definition) is 7. The minimum absolute atomic E-state index is 0.714. The molecule has 7 heteroatoms. The van der Waals surface area contributed by atoms with Crippen molar-refractivity contribution in [3.63, 3.8) is 0 Å². The zero-order valence-corrected chi connectivity index (χ0v) is 26.8. The van der Waals surface area contributed by atoms with Crippen LogP contribution in [0.2, 0.25) is 0 Å². The maximum atomic E-state index is 6.28. The van der Waals surface area contributed by atoms with E-state index in [1.54, 1.807) is 0 Å². The van der Waals surface area contributed by atoms with E-state index in [0.29, 0.717) is 5.82 Å². The van der Waals surface area contributed by atoms with Crippen LogP contribution in [-0.2, 0) is 0 Å². The van der Waals surface area contributed by atoms with Crippen LogP contribution >= 0.6 is 11.5 Å². The lowest BCUT2D eigenvalue weighted by atomic mass is 10.00. The van der Waals surface area contributed by atoms with Gasteiger partial charge in [-0.05, 0) is 102 Å². The summed E-state index contributed by atoms with van der Waals surface area (Å²) in [6, 6.07) is 53.9. The van der Waals surface area contributed by atoms with Gasteiger partial charge in [0, 0.05) is 22.2 Å². The molecule has 0 atom stereocenters. The highest BCUT2D eigenvalue weighted by Crippen LogP contribution is 2.53. The Bertz CT molecular complexity index is 2450. The number of para-hydroxylation sites is 8. The summed E-state index contributed by atoms with van der Waals surface area (Å²) in [6.07, 6.45) is 0. The van der Waals surface area contributed by atoms with Gasteiger partial charge in [-0.2, -0.15) is 4.37 Å². The van der Waals surface area contributed by atoms with Crippen LogP contribution in [0.4, 0.5) is 34.1 Å². The lowest BCUT2D eigenvalue weighted by Crippen LogP contribution is -2.16. The Labute approximate surface area is 286 Å². The Kier molecular flexibility index (Phi) is 6.25. The van der Waals surface area contributed by atoms with Gasteiger partial charge in [-0.1, -0.05) is 72.8 Å². The smallest absolute Gasteiger partial charge is 0.174 e. The quantitative estimate of drug-likeness (QED) is 0.189. The molecule has 0 aliphatic carbocycles. The molecule has 0 amide bonds. The normalized spacial score (nSPS) is 12.7. The minimum atomic E-state index is 0.714. The monoisotopic (exact) mass is 650 g/mol. The van der Waals surface area contributed by atoms with Gasteiger partial charge in [0.05, 0.1) is 28.4 Å². The van der Waals surface area contributed by atoms with E-state index in [2.05, 4.69) is 94.7 Å². The maximum Gasteiger partial charge on any atom is 0.174 e. The molecule has 10 rings (SSSR count). The van der Waals surface area contributed by atoms with E-state index < -0.39 is 0 Å². The number of nitrogens with zero attached hydrogens (tertiary/aromatic N) is 4. The van der Waals surface area contributed by atoms with Gasteiger partial charge >= 0.3 is 0 Å². The lowest BCUT2D eigenvalue weighted by molar-refractivity contribution is 0.477. The van der Waals surface area contributed by atoms with Crippen LogP contribution < -0.4 is 19.3 Å². The molecule has 0 N–H and O–H groups in total. The van der Waals surface area contributed by atoms with Crippen molar-refractivity contribution in [1.29, 1.82) is 0 Å². The molecule has 7 aromatic carbocycles. The molecule has 2 aliphatic heterocycles. The van der Waals surface area contributed by atoms with Crippen molar-refractivity contribution in [2.24, 2.45) is 0 Å². The van der Waals surface area contributed by atoms with Crippen LogP contribution in [0.15, 0.2) is 158 Å². The van der Waals surface area contributed by atoms with Gasteiger partial charge in [0.25, 0.3) is 0 Å². The molecule has 0 unspecified atom stereocenters. The first-order chi connectivity index (χ1) is 24.3. The van der Waals surface area contributed by atoms with Gasteiger partial charge < -0.3 is 19.3 Å². The van der Waals surface area contributed by atoms with Crippen LogP contribution in [-0.4, -0.2) is 9.36 Å². The van der Waals surface area contributed by atoms with Gasteiger partial charge in [-0.15, -0.1) is 0 Å². The predicted molar refractivity (Wildman–Crippen MR) is 198 cm³/mol. The molecule has 49 heavy (non-hydrogen) atoms. The van der Waals surface area contributed by atoms with Crippen molar-refractivity contribution in [3.05, 3.63) is 158 Å². The zero-order valence-electron chi connectivity index (χ0n) is 26.0. The summed E-state index contributed by atoms with van der Waals surface area (Å²) in [7, 11) is 0. The lowest BCUT2D eigenvalue weighted by Gasteiger charge is -2.33. The van der Waals surface area contributed by atoms with Crippen LogP contribution in [0, 0.1) is 0 Å². The van der Waals surface area contributed by atoms with E-state index in [9.17, 15) is 0 Å². The number of benzene rings is 7. The largest absolute Gasteiger partial charge is 0.453 e. The van der Waals surface area contributed by atoms with Crippen molar-refractivity contribution < 1.29 is 9.47 Å². The van der Waals surface area contributed by atoms with E-state index in [1.807, 2.05) is 72.8 Å². The highest BCUT2D eigenvalue weighted by molar-refractivity contribution is 7.09. The predicted octanol–water partition coefficient (Wildman–Crippen LogP) is 12.2. The summed E-state index contributed by atoms with van der Waals surface area (Å²) < 4.78 is 17.4. The summed E-state index contributed by atoms with van der Waals surface area (Å²) >= 11 is 1.42. The average molecular weight is 651 g/mol. The average Bonchev–Trinajstić information content (AvgIpc) is 3.66. The first-order valence-corrected chi connectivity index (χ1v) is 16.9. The van der Waals surface area contributed by atoms with Crippen molar-refractivity contribution in [1.82, 2.24) is 9.36 Å². The Hall–Kier alpha value is -6.44. The molecule has 232 valence electrons. The number of hydrogen-bond donors (Lipinski definition) is 0. The summed E-state index contributed by atoms with van der Waals surface area (Å²) in [5, 5.41) is 3.07. The standard InChI is InChI=1S/C42H26N4O2S/c1-2-12-30-29(11-1)31(25-26-32(30)46-35-15-5-9-19-39(35)48-40-20-10-6-16-36(40)46)41-43-42(49-44-41)27-21-23-28(24-22-27)45-33-13-3-7-17-37(33)47-38-18-8-4-14-34(38)45/h1-26H. The molecular formula is C42H26N4O2S. The first-order valence-electron chi connectivity index (χ1n) is 16.1. The van der Waals surface area contributed by atoms with Crippen molar-refractivity contribution in [2.75, 3.05) is 9.80 Å². The fourth-order valence-corrected chi connectivity index (χ4v) is 7.50. The number of aromatic nitrogens is 2. The van der Waals surface area contributed by atoms with E-state index in [-0.39, 0.29) is 0 Å². The van der Waals surface area contributed by atoms with Gasteiger partial charge in [0.1, 0.15) is 5.01 Å². The molecule has 8 aromatic rings. The van der Waals surface area contributed by atoms with Crippen LogP contribution in [0.3, 0.4) is 0 Å². The van der Waals surface area contributed by atoms with E-state index in [0.717, 1.165) is 84.0 Å². The summed E-state index contributed by atoms with van der Waals surface area (Å²) in [4.78, 5) is 9.59. The molecule has 0 saturated heterocycles. The van der Waals surface area contributed by atoms with E-state index >= 15 is 0 Å².